The van der Waals surface area contributed by atoms with Crippen LogP contribution in [0.5, 0.6) is 0 Å². The quantitative estimate of drug-likeness (QED) is 0.257. The van der Waals surface area contributed by atoms with Crippen molar-refractivity contribution in [2.75, 3.05) is 18.0 Å². The summed E-state index contributed by atoms with van der Waals surface area (Å²) in [4.78, 5) is 4.29. The minimum absolute atomic E-state index is 0.944. The van der Waals surface area contributed by atoms with E-state index in [0.29, 0.717) is 0 Å². The lowest BCUT2D eigenvalue weighted by atomic mass is 10.0. The molecule has 0 radical (unpaired) electrons. The fourth-order valence-corrected chi connectivity index (χ4v) is 5.51. The van der Waals surface area contributed by atoms with Crippen LogP contribution < -0.4 is 4.90 Å². The molecule has 0 N–H and O–H groups in total. The molecule has 4 nitrogen and oxygen atoms in total. The zero-order valence-corrected chi connectivity index (χ0v) is 20.7. The van der Waals surface area contributed by atoms with Gasteiger partial charge in [-0.05, 0) is 59.7 Å². The zero-order valence-electron chi connectivity index (χ0n) is 20.7. The standard InChI is InChI=1S/C33H28N4/c1-3-9-24(10-4-1)25-13-15-26(16-14-25)27-17-19-28(20-18-27)37-34-31-23-32(36-21-7-2-8-22-36)29-11-5-6-12-30(29)33(31)35-37/h1,3-6,9-20,23H,2,7-8,21-22H2. The van der Waals surface area contributed by atoms with E-state index in [9.17, 15) is 0 Å². The molecule has 1 saturated heterocycles. The second kappa shape index (κ2) is 9.21. The number of rotatable bonds is 4. The Bertz CT molecular complexity index is 1680. The van der Waals surface area contributed by atoms with Gasteiger partial charge in [-0.1, -0.05) is 91.0 Å². The summed E-state index contributed by atoms with van der Waals surface area (Å²) in [5.74, 6) is 0. The third kappa shape index (κ3) is 4.05. The molecule has 1 fully saturated rings. The monoisotopic (exact) mass is 480 g/mol. The number of benzene rings is 5. The minimum Gasteiger partial charge on any atom is -0.371 e. The fourth-order valence-electron chi connectivity index (χ4n) is 5.51. The topological polar surface area (TPSA) is 34.0 Å². The molecule has 2 heterocycles. The number of fused-ring (bicyclic) bond motifs is 3. The minimum atomic E-state index is 0.944. The van der Waals surface area contributed by atoms with Crippen LogP contribution in [0.3, 0.4) is 0 Å². The van der Waals surface area contributed by atoms with Crippen LogP contribution in [0.4, 0.5) is 5.69 Å². The van der Waals surface area contributed by atoms with Crippen molar-refractivity contribution < 1.29 is 0 Å². The third-order valence-electron chi connectivity index (χ3n) is 7.49. The molecule has 5 aromatic carbocycles. The third-order valence-corrected chi connectivity index (χ3v) is 7.49. The lowest BCUT2D eigenvalue weighted by Crippen LogP contribution is -2.29. The number of hydrogen-bond acceptors (Lipinski definition) is 3. The summed E-state index contributed by atoms with van der Waals surface area (Å²) in [5.41, 5.74) is 8.98. The van der Waals surface area contributed by atoms with Gasteiger partial charge in [0, 0.05) is 29.5 Å². The molecule has 1 aromatic heterocycles. The Labute approximate surface area is 216 Å². The van der Waals surface area contributed by atoms with Crippen molar-refractivity contribution in [2.45, 2.75) is 19.3 Å². The van der Waals surface area contributed by atoms with E-state index in [-0.39, 0.29) is 0 Å². The molecule has 1 aliphatic heterocycles. The van der Waals surface area contributed by atoms with Crippen molar-refractivity contribution in [3.63, 3.8) is 0 Å². The molecule has 6 aromatic rings. The molecule has 0 aliphatic carbocycles. The summed E-state index contributed by atoms with van der Waals surface area (Å²) >= 11 is 0. The van der Waals surface area contributed by atoms with Gasteiger partial charge in [-0.2, -0.15) is 4.80 Å². The number of nitrogens with zero attached hydrogens (tertiary/aromatic N) is 4. The van der Waals surface area contributed by atoms with E-state index >= 15 is 0 Å². The second-order valence-corrected chi connectivity index (χ2v) is 9.84. The largest absolute Gasteiger partial charge is 0.371 e. The first-order chi connectivity index (χ1) is 18.3. The average molecular weight is 481 g/mol. The van der Waals surface area contributed by atoms with Gasteiger partial charge in [0.1, 0.15) is 11.0 Å². The summed E-state index contributed by atoms with van der Waals surface area (Å²) in [6, 6.07) is 38.6. The van der Waals surface area contributed by atoms with Gasteiger partial charge in [-0.25, -0.2) is 0 Å². The van der Waals surface area contributed by atoms with Gasteiger partial charge in [0.25, 0.3) is 0 Å². The molecular weight excluding hydrogens is 452 g/mol. The maximum atomic E-state index is 4.93. The Balaban J connectivity index is 1.22. The van der Waals surface area contributed by atoms with Crippen molar-refractivity contribution in [1.82, 2.24) is 15.0 Å². The van der Waals surface area contributed by atoms with Gasteiger partial charge in [0.2, 0.25) is 0 Å². The number of aromatic nitrogens is 3. The van der Waals surface area contributed by atoms with Crippen LogP contribution in [0.15, 0.2) is 109 Å². The van der Waals surface area contributed by atoms with E-state index in [2.05, 4.69) is 108 Å². The Morgan fingerprint density at radius 3 is 1.76 bits per heavy atom. The Hall–Kier alpha value is -4.44. The van der Waals surface area contributed by atoms with Gasteiger partial charge < -0.3 is 4.90 Å². The Morgan fingerprint density at radius 1 is 0.514 bits per heavy atom. The van der Waals surface area contributed by atoms with Crippen LogP contribution in [0, 0.1) is 0 Å². The van der Waals surface area contributed by atoms with Gasteiger partial charge in [0.15, 0.2) is 0 Å². The first-order valence-electron chi connectivity index (χ1n) is 13.1. The first-order valence-corrected chi connectivity index (χ1v) is 13.1. The highest BCUT2D eigenvalue weighted by Gasteiger charge is 2.18. The molecule has 4 heteroatoms. The van der Waals surface area contributed by atoms with Gasteiger partial charge in [-0.15, -0.1) is 10.2 Å². The molecule has 0 saturated carbocycles. The first kappa shape index (κ1) is 21.8. The van der Waals surface area contributed by atoms with E-state index in [0.717, 1.165) is 29.8 Å². The van der Waals surface area contributed by atoms with Crippen LogP contribution in [-0.2, 0) is 0 Å². The van der Waals surface area contributed by atoms with Crippen molar-refractivity contribution >= 4 is 27.5 Å². The molecule has 1 aliphatic rings. The molecule has 0 spiro atoms. The summed E-state index contributed by atoms with van der Waals surface area (Å²) in [7, 11) is 0. The molecule has 0 amide bonds. The predicted molar refractivity (Wildman–Crippen MR) is 153 cm³/mol. The van der Waals surface area contributed by atoms with Crippen LogP contribution in [-0.4, -0.2) is 28.1 Å². The average Bonchev–Trinajstić information content (AvgIpc) is 3.43. The number of hydrogen-bond donors (Lipinski definition) is 0. The lowest BCUT2D eigenvalue weighted by molar-refractivity contribution is 0.579. The highest BCUT2D eigenvalue weighted by Crippen LogP contribution is 2.34. The molecule has 0 atom stereocenters. The summed E-state index contributed by atoms with van der Waals surface area (Å²) in [6.07, 6.45) is 3.82. The van der Waals surface area contributed by atoms with Crippen LogP contribution in [0.1, 0.15) is 19.3 Å². The highest BCUT2D eigenvalue weighted by atomic mass is 15.5. The smallest absolute Gasteiger partial charge is 0.121 e. The van der Waals surface area contributed by atoms with Gasteiger partial charge >= 0.3 is 0 Å². The van der Waals surface area contributed by atoms with Crippen molar-refractivity contribution in [3.8, 4) is 27.9 Å². The molecule has 0 unspecified atom stereocenters. The normalized spacial score (nSPS) is 13.9. The summed E-state index contributed by atoms with van der Waals surface area (Å²) < 4.78 is 0. The van der Waals surface area contributed by atoms with Crippen molar-refractivity contribution in [3.05, 3.63) is 109 Å². The van der Waals surface area contributed by atoms with Gasteiger partial charge in [-0.3, -0.25) is 0 Å². The van der Waals surface area contributed by atoms with Crippen LogP contribution >= 0.6 is 0 Å². The van der Waals surface area contributed by atoms with E-state index in [1.54, 1.807) is 4.80 Å². The SMILES string of the molecule is c1ccc(-c2ccc(-c3ccc(-n4nc5cc(N6CCCCC6)c6ccccc6c5n4)cc3)cc2)cc1. The lowest BCUT2D eigenvalue weighted by Gasteiger charge is -2.29. The predicted octanol–water partition coefficient (Wildman–Crippen LogP) is 7.90. The molecule has 7 rings (SSSR count). The molecule has 0 bridgehead atoms. The van der Waals surface area contributed by atoms with Gasteiger partial charge in [0.05, 0.1) is 5.69 Å². The Kier molecular flexibility index (Phi) is 5.43. The second-order valence-electron chi connectivity index (χ2n) is 9.84. The number of anilines is 1. The summed E-state index contributed by atoms with van der Waals surface area (Å²) in [6.45, 7) is 2.22. The number of piperidine rings is 1. The zero-order chi connectivity index (χ0) is 24.6. The van der Waals surface area contributed by atoms with E-state index in [4.69, 9.17) is 10.2 Å². The molecule has 180 valence electrons. The van der Waals surface area contributed by atoms with Crippen LogP contribution in [0.2, 0.25) is 0 Å². The maximum Gasteiger partial charge on any atom is 0.121 e. The van der Waals surface area contributed by atoms with Crippen molar-refractivity contribution in [1.29, 1.82) is 0 Å². The van der Waals surface area contributed by atoms with E-state index < -0.39 is 0 Å². The highest BCUT2D eigenvalue weighted by molar-refractivity contribution is 6.10. The fraction of sp³-hybridized carbons (Fsp3) is 0.152. The van der Waals surface area contributed by atoms with Crippen molar-refractivity contribution in [2.24, 2.45) is 0 Å². The molecular formula is C33H28N4. The van der Waals surface area contributed by atoms with E-state index in [1.807, 2.05) is 6.07 Å². The Morgan fingerprint density at radius 2 is 1.08 bits per heavy atom. The van der Waals surface area contributed by atoms with Crippen LogP contribution in [0.25, 0.3) is 49.7 Å². The summed E-state index contributed by atoms with van der Waals surface area (Å²) in [5, 5.41) is 12.3. The van der Waals surface area contributed by atoms with E-state index in [1.165, 1.54) is 58.0 Å². The maximum absolute atomic E-state index is 4.93. The molecule has 37 heavy (non-hydrogen) atoms.